The van der Waals surface area contributed by atoms with Gasteiger partial charge in [0.05, 0.1) is 24.0 Å². The molecule has 1 amide bonds. The van der Waals surface area contributed by atoms with Crippen molar-refractivity contribution in [3.05, 3.63) is 70.6 Å². The van der Waals surface area contributed by atoms with Gasteiger partial charge in [0.15, 0.2) is 6.61 Å². The smallest absolute Gasteiger partial charge is 0.312 e. The van der Waals surface area contributed by atoms with Gasteiger partial charge in [-0.25, -0.2) is 5.10 Å². The number of nitrogens with zero attached hydrogens (tertiary/aromatic N) is 1. The van der Waals surface area contributed by atoms with E-state index in [1.165, 1.54) is 0 Å². The van der Waals surface area contributed by atoms with Crippen molar-refractivity contribution in [1.29, 1.82) is 0 Å². The number of aromatic amines is 1. The summed E-state index contributed by atoms with van der Waals surface area (Å²) >= 11 is 0. The molecular formula is C20H19N3O5. The Morgan fingerprint density at radius 2 is 1.71 bits per heavy atom. The summed E-state index contributed by atoms with van der Waals surface area (Å²) in [6.07, 6.45) is -0.151. The maximum atomic E-state index is 12.0. The molecule has 0 fully saturated rings. The fourth-order valence-electron chi connectivity index (χ4n) is 2.57. The number of fused-ring (bicyclic) bond motifs is 1. The zero-order valence-electron chi connectivity index (χ0n) is 15.0. The number of ether oxygens (including phenoxy) is 2. The van der Waals surface area contributed by atoms with E-state index in [-0.39, 0.29) is 18.5 Å². The number of para-hydroxylation sites is 1. The molecule has 0 spiro atoms. The number of carbonyl (C=O) groups is 2. The maximum absolute atomic E-state index is 12.0. The number of H-pyrrole nitrogens is 1. The van der Waals surface area contributed by atoms with Crippen LogP contribution in [-0.4, -0.2) is 41.8 Å². The van der Waals surface area contributed by atoms with Crippen LogP contribution in [0.3, 0.4) is 0 Å². The fourth-order valence-corrected chi connectivity index (χ4v) is 2.57. The lowest BCUT2D eigenvalue weighted by atomic mass is 10.1. The van der Waals surface area contributed by atoms with Gasteiger partial charge in [0.2, 0.25) is 0 Å². The van der Waals surface area contributed by atoms with Crippen LogP contribution in [0.25, 0.3) is 10.8 Å². The number of esters is 1. The van der Waals surface area contributed by atoms with Crippen LogP contribution in [-0.2, 0) is 20.7 Å². The molecule has 2 N–H and O–H groups in total. The minimum absolute atomic E-state index is 0.151. The van der Waals surface area contributed by atoms with E-state index in [4.69, 9.17) is 9.47 Å². The van der Waals surface area contributed by atoms with Crippen molar-refractivity contribution in [2.24, 2.45) is 0 Å². The van der Waals surface area contributed by atoms with E-state index in [0.29, 0.717) is 28.8 Å². The number of carbonyl (C=O) groups excluding carboxylic acids is 2. The molecule has 0 atom stereocenters. The third-order valence-corrected chi connectivity index (χ3v) is 3.89. The Kier molecular flexibility index (Phi) is 6.35. The molecule has 8 heteroatoms. The van der Waals surface area contributed by atoms with Gasteiger partial charge >= 0.3 is 5.97 Å². The average molecular weight is 381 g/mol. The lowest BCUT2D eigenvalue weighted by Crippen LogP contribution is -2.32. The summed E-state index contributed by atoms with van der Waals surface area (Å²) in [5, 5.41) is 9.88. The van der Waals surface area contributed by atoms with Gasteiger partial charge in [0, 0.05) is 5.39 Å². The van der Waals surface area contributed by atoms with Gasteiger partial charge in [0.1, 0.15) is 12.4 Å². The Bertz CT molecular complexity index is 1020. The number of amides is 1. The van der Waals surface area contributed by atoms with E-state index in [9.17, 15) is 14.4 Å². The Morgan fingerprint density at radius 3 is 2.50 bits per heavy atom. The van der Waals surface area contributed by atoms with Crippen LogP contribution in [0.1, 0.15) is 5.69 Å². The quantitative estimate of drug-likeness (QED) is 0.448. The molecule has 3 aromatic rings. The first-order valence-corrected chi connectivity index (χ1v) is 8.70. The lowest BCUT2D eigenvalue weighted by Gasteiger charge is -2.08. The molecule has 0 unspecified atom stereocenters. The van der Waals surface area contributed by atoms with Gasteiger partial charge < -0.3 is 14.8 Å². The van der Waals surface area contributed by atoms with Crippen LogP contribution in [0.5, 0.6) is 5.75 Å². The molecule has 0 bridgehead atoms. The van der Waals surface area contributed by atoms with Crippen molar-refractivity contribution in [3.8, 4) is 5.75 Å². The Balaban J connectivity index is 1.42. The van der Waals surface area contributed by atoms with E-state index in [2.05, 4.69) is 15.5 Å². The van der Waals surface area contributed by atoms with E-state index < -0.39 is 18.5 Å². The minimum atomic E-state index is -0.611. The van der Waals surface area contributed by atoms with Crippen LogP contribution in [0, 0.1) is 0 Å². The number of hydrogen-bond donors (Lipinski definition) is 2. The summed E-state index contributed by atoms with van der Waals surface area (Å²) in [6.45, 7) is 0.194. The number of hydrogen-bond acceptors (Lipinski definition) is 6. The van der Waals surface area contributed by atoms with Crippen LogP contribution in [0.4, 0.5) is 0 Å². The molecule has 1 aromatic heterocycles. The first-order chi connectivity index (χ1) is 13.6. The minimum Gasteiger partial charge on any atom is -0.492 e. The topological polar surface area (TPSA) is 110 Å². The summed E-state index contributed by atoms with van der Waals surface area (Å²) in [7, 11) is 0. The molecule has 3 rings (SSSR count). The monoisotopic (exact) mass is 381 g/mol. The van der Waals surface area contributed by atoms with Crippen molar-refractivity contribution in [1.82, 2.24) is 15.5 Å². The average Bonchev–Trinajstić information content (AvgIpc) is 2.73. The van der Waals surface area contributed by atoms with Crippen LogP contribution in [0.15, 0.2) is 59.4 Å². The van der Waals surface area contributed by atoms with Crippen molar-refractivity contribution < 1.29 is 19.1 Å². The molecule has 28 heavy (non-hydrogen) atoms. The van der Waals surface area contributed by atoms with Crippen LogP contribution in [0.2, 0.25) is 0 Å². The Labute approximate surface area is 160 Å². The number of rotatable bonds is 8. The van der Waals surface area contributed by atoms with Crippen molar-refractivity contribution in [2.75, 3.05) is 19.8 Å². The Morgan fingerprint density at radius 1 is 1.00 bits per heavy atom. The second-order valence-corrected chi connectivity index (χ2v) is 5.89. The highest BCUT2D eigenvalue weighted by atomic mass is 16.5. The predicted octanol–water partition coefficient (Wildman–Crippen LogP) is 1.20. The van der Waals surface area contributed by atoms with Gasteiger partial charge in [-0.15, -0.1) is 0 Å². The van der Waals surface area contributed by atoms with Gasteiger partial charge in [-0.05, 0) is 18.2 Å². The van der Waals surface area contributed by atoms with Crippen molar-refractivity contribution in [3.63, 3.8) is 0 Å². The second-order valence-electron chi connectivity index (χ2n) is 5.89. The molecular weight excluding hydrogens is 362 g/mol. The summed E-state index contributed by atoms with van der Waals surface area (Å²) in [5.41, 5.74) is 0.0571. The summed E-state index contributed by atoms with van der Waals surface area (Å²) < 4.78 is 10.4. The zero-order chi connectivity index (χ0) is 19.8. The predicted molar refractivity (Wildman–Crippen MR) is 102 cm³/mol. The number of benzene rings is 2. The third kappa shape index (κ3) is 5.16. The van der Waals surface area contributed by atoms with Crippen molar-refractivity contribution >= 4 is 22.6 Å². The van der Waals surface area contributed by atoms with E-state index in [0.717, 1.165) is 0 Å². The van der Waals surface area contributed by atoms with Gasteiger partial charge in [-0.1, -0.05) is 36.4 Å². The van der Waals surface area contributed by atoms with E-state index in [1.54, 1.807) is 24.3 Å². The highest BCUT2D eigenvalue weighted by Gasteiger charge is 2.13. The van der Waals surface area contributed by atoms with E-state index in [1.807, 2.05) is 30.3 Å². The molecule has 0 aliphatic carbocycles. The van der Waals surface area contributed by atoms with E-state index >= 15 is 0 Å². The van der Waals surface area contributed by atoms with Crippen LogP contribution < -0.4 is 15.6 Å². The van der Waals surface area contributed by atoms with Gasteiger partial charge in [-0.3, -0.25) is 14.4 Å². The van der Waals surface area contributed by atoms with Gasteiger partial charge in [0.25, 0.3) is 11.5 Å². The molecule has 8 nitrogen and oxygen atoms in total. The molecule has 1 heterocycles. The SMILES string of the molecule is O=C(COC(=O)Cc1n[nH]c(=O)c2ccccc12)NCCOc1ccccc1. The number of aromatic nitrogens is 2. The fraction of sp³-hybridized carbons (Fsp3) is 0.200. The highest BCUT2D eigenvalue weighted by molar-refractivity contribution is 5.87. The largest absolute Gasteiger partial charge is 0.492 e. The van der Waals surface area contributed by atoms with Crippen molar-refractivity contribution in [2.45, 2.75) is 6.42 Å². The summed E-state index contributed by atoms with van der Waals surface area (Å²) in [4.78, 5) is 35.5. The normalized spacial score (nSPS) is 10.4. The molecule has 2 aromatic carbocycles. The lowest BCUT2D eigenvalue weighted by molar-refractivity contribution is -0.147. The van der Waals surface area contributed by atoms with Gasteiger partial charge in [-0.2, -0.15) is 5.10 Å². The third-order valence-electron chi connectivity index (χ3n) is 3.89. The Hall–Kier alpha value is -3.68. The zero-order valence-corrected chi connectivity index (χ0v) is 15.0. The molecule has 0 radical (unpaired) electrons. The standard InChI is InChI=1S/C20H19N3O5/c24-18(21-10-11-27-14-6-2-1-3-7-14)13-28-19(25)12-17-15-8-4-5-9-16(15)20(26)23-22-17/h1-9H,10-13H2,(H,21,24)(H,23,26). The molecule has 0 aliphatic rings. The first-order valence-electron chi connectivity index (χ1n) is 8.70. The molecule has 144 valence electrons. The number of nitrogens with one attached hydrogen (secondary N) is 2. The molecule has 0 aliphatic heterocycles. The summed E-state index contributed by atoms with van der Waals surface area (Å²) in [6, 6.07) is 16.1. The van der Waals surface area contributed by atoms with Crippen LogP contribution >= 0.6 is 0 Å². The molecule has 0 saturated carbocycles. The second kappa shape index (κ2) is 9.31. The first kappa shape index (κ1) is 19.1. The highest BCUT2D eigenvalue weighted by Crippen LogP contribution is 2.13. The molecule has 0 saturated heterocycles. The maximum Gasteiger partial charge on any atom is 0.312 e. The summed E-state index contributed by atoms with van der Waals surface area (Å²) in [5.74, 6) is -0.325.